The molecule has 0 aliphatic carbocycles. The molecule has 0 saturated carbocycles. The van der Waals surface area contributed by atoms with E-state index in [1.165, 1.54) is 24.2 Å². The first-order valence-corrected chi connectivity index (χ1v) is 9.95. The maximum atomic E-state index is 12.8. The molecule has 1 aromatic heterocycles. The highest BCUT2D eigenvalue weighted by molar-refractivity contribution is 8.39. The van der Waals surface area contributed by atoms with Gasteiger partial charge < -0.3 is 4.98 Å². The van der Waals surface area contributed by atoms with Crippen molar-refractivity contribution in [1.82, 2.24) is 4.98 Å². The number of hydrogen-bond acceptors (Lipinski definition) is 5. The van der Waals surface area contributed by atoms with Gasteiger partial charge in [0.15, 0.2) is 11.6 Å². The number of aryl methyl sites for hydroxylation is 1. The van der Waals surface area contributed by atoms with Gasteiger partial charge in [-0.05, 0) is 44.9 Å². The van der Waals surface area contributed by atoms with Gasteiger partial charge in [0.2, 0.25) is 0 Å². The molecule has 0 unspecified atom stereocenters. The van der Waals surface area contributed by atoms with Crippen LogP contribution in [0.15, 0.2) is 29.3 Å². The number of nitrogens with zero attached hydrogens (tertiary/aromatic N) is 1. The molecule has 0 spiro atoms. The molecule has 0 bridgehead atoms. The Morgan fingerprint density at radius 3 is 2.68 bits per heavy atom. The number of aromatic amines is 1. The Balaban J connectivity index is 1.80. The summed E-state index contributed by atoms with van der Waals surface area (Å²) >= 11 is 3.14. The number of ketones is 2. The number of aromatic nitrogens is 1. The van der Waals surface area contributed by atoms with Crippen LogP contribution in [0.2, 0.25) is 0 Å². The third-order valence-electron chi connectivity index (χ3n) is 4.24. The number of carbonyl (C=O) groups excluding carboxylic acids is 2. The van der Waals surface area contributed by atoms with Crippen LogP contribution in [0.3, 0.4) is 0 Å². The smallest absolute Gasteiger partial charge is 0.192 e. The van der Waals surface area contributed by atoms with Gasteiger partial charge in [-0.1, -0.05) is 41.7 Å². The predicted octanol–water partition coefficient (Wildman–Crippen LogP) is 5.07. The standard InChI is InChI=1S/C19H20N2O2S2/c1-10-16(12(3)22)11(2)20-17(10)18(23)13(4)25-19-21-15-8-6-5-7-14(15)9-24-19/h5-8,13,20H,9H2,1-4H3/t13-/m1/s1. The van der Waals surface area contributed by atoms with E-state index in [-0.39, 0.29) is 16.8 Å². The van der Waals surface area contributed by atoms with E-state index in [2.05, 4.69) is 16.0 Å². The van der Waals surface area contributed by atoms with Gasteiger partial charge in [-0.2, -0.15) is 0 Å². The van der Waals surface area contributed by atoms with Crippen molar-refractivity contribution in [2.75, 3.05) is 0 Å². The van der Waals surface area contributed by atoms with Crippen molar-refractivity contribution < 1.29 is 9.59 Å². The molecule has 1 aromatic carbocycles. The van der Waals surface area contributed by atoms with Crippen LogP contribution < -0.4 is 0 Å². The lowest BCUT2D eigenvalue weighted by molar-refractivity contribution is 0.0989. The Bertz CT molecular complexity index is 884. The zero-order chi connectivity index (χ0) is 18.1. The summed E-state index contributed by atoms with van der Waals surface area (Å²) in [4.78, 5) is 32.4. The van der Waals surface area contributed by atoms with E-state index in [4.69, 9.17) is 0 Å². The number of Topliss-reactive ketones (excluding diaryl/α,β-unsaturated/α-hetero) is 2. The summed E-state index contributed by atoms with van der Waals surface area (Å²) in [6.07, 6.45) is 0. The van der Waals surface area contributed by atoms with Crippen molar-refractivity contribution in [2.45, 2.75) is 38.7 Å². The lowest BCUT2D eigenvalue weighted by atomic mass is 10.0. The predicted molar refractivity (Wildman–Crippen MR) is 106 cm³/mol. The van der Waals surface area contributed by atoms with Gasteiger partial charge >= 0.3 is 0 Å². The van der Waals surface area contributed by atoms with Crippen LogP contribution in [-0.2, 0) is 5.75 Å². The topological polar surface area (TPSA) is 62.3 Å². The van der Waals surface area contributed by atoms with Gasteiger partial charge in [-0.15, -0.1) is 0 Å². The first-order valence-electron chi connectivity index (χ1n) is 8.09. The van der Waals surface area contributed by atoms with Crippen molar-refractivity contribution in [2.24, 2.45) is 4.99 Å². The monoisotopic (exact) mass is 372 g/mol. The second kappa shape index (κ2) is 7.22. The summed E-state index contributed by atoms with van der Waals surface area (Å²) in [7, 11) is 0. The highest BCUT2D eigenvalue weighted by Crippen LogP contribution is 2.36. The van der Waals surface area contributed by atoms with Crippen molar-refractivity contribution in [3.8, 4) is 0 Å². The Hall–Kier alpha value is -1.79. The van der Waals surface area contributed by atoms with Gasteiger partial charge in [0, 0.05) is 17.0 Å². The molecule has 2 aromatic rings. The largest absolute Gasteiger partial charge is 0.355 e. The second-order valence-corrected chi connectivity index (χ2v) is 8.65. The molecule has 1 aliphatic rings. The number of para-hydroxylation sites is 1. The lowest BCUT2D eigenvalue weighted by Gasteiger charge is -2.16. The summed E-state index contributed by atoms with van der Waals surface area (Å²) < 4.78 is 0.910. The Kier molecular flexibility index (Phi) is 5.20. The molecule has 0 radical (unpaired) electrons. The summed E-state index contributed by atoms with van der Waals surface area (Å²) in [5, 5.41) is -0.270. The number of fused-ring (bicyclic) bond motifs is 1. The fraction of sp³-hybridized carbons (Fsp3) is 0.316. The molecular formula is C19H20N2O2S2. The first kappa shape index (κ1) is 18.0. The quantitative estimate of drug-likeness (QED) is 0.761. The highest BCUT2D eigenvalue weighted by Gasteiger charge is 2.26. The maximum absolute atomic E-state index is 12.8. The van der Waals surface area contributed by atoms with Gasteiger partial charge in [0.05, 0.1) is 16.6 Å². The van der Waals surface area contributed by atoms with Gasteiger partial charge in [-0.25, -0.2) is 4.99 Å². The Morgan fingerprint density at radius 1 is 1.28 bits per heavy atom. The molecule has 0 saturated heterocycles. The molecule has 0 amide bonds. The normalized spacial score (nSPS) is 14.6. The maximum Gasteiger partial charge on any atom is 0.192 e. The number of benzene rings is 1. The summed E-state index contributed by atoms with van der Waals surface area (Å²) in [5.74, 6) is 0.854. The van der Waals surface area contributed by atoms with Crippen LogP contribution in [0, 0.1) is 13.8 Å². The fourth-order valence-corrected chi connectivity index (χ4v) is 5.25. The van der Waals surface area contributed by atoms with Crippen LogP contribution in [0.25, 0.3) is 0 Å². The molecular weight excluding hydrogens is 352 g/mol. The zero-order valence-corrected chi connectivity index (χ0v) is 16.3. The molecule has 0 fully saturated rings. The number of carbonyl (C=O) groups is 2. The minimum Gasteiger partial charge on any atom is -0.355 e. The summed E-state index contributed by atoms with van der Waals surface area (Å²) in [6, 6.07) is 8.07. The van der Waals surface area contributed by atoms with E-state index < -0.39 is 0 Å². The lowest BCUT2D eigenvalue weighted by Crippen LogP contribution is -2.17. The van der Waals surface area contributed by atoms with E-state index >= 15 is 0 Å². The summed E-state index contributed by atoms with van der Waals surface area (Å²) in [5.41, 5.74) is 4.85. The second-order valence-electron chi connectivity index (χ2n) is 6.10. The summed E-state index contributed by atoms with van der Waals surface area (Å²) in [6.45, 7) is 7.07. The molecule has 1 N–H and O–H groups in total. The van der Waals surface area contributed by atoms with Crippen LogP contribution >= 0.6 is 23.5 Å². The SMILES string of the molecule is CC(=O)c1c(C)[nH]c(C(=O)[C@@H](C)SC2=Nc3ccccc3CS2)c1C. The molecule has 3 rings (SSSR count). The highest BCUT2D eigenvalue weighted by atomic mass is 32.2. The van der Waals surface area contributed by atoms with Crippen LogP contribution in [-0.4, -0.2) is 26.2 Å². The van der Waals surface area contributed by atoms with Gasteiger partial charge in [0.1, 0.15) is 4.38 Å². The van der Waals surface area contributed by atoms with Crippen molar-refractivity contribution in [1.29, 1.82) is 0 Å². The van der Waals surface area contributed by atoms with Gasteiger partial charge in [-0.3, -0.25) is 9.59 Å². The Labute approximate surface area is 155 Å². The van der Waals surface area contributed by atoms with Gasteiger partial charge in [0.25, 0.3) is 0 Å². The minimum absolute atomic E-state index is 0.000239. The molecule has 6 heteroatoms. The van der Waals surface area contributed by atoms with Crippen molar-refractivity contribution in [3.63, 3.8) is 0 Å². The number of rotatable bonds is 4. The van der Waals surface area contributed by atoms with E-state index in [0.29, 0.717) is 11.3 Å². The molecule has 1 aliphatic heterocycles. The average Bonchev–Trinajstić information content (AvgIpc) is 2.88. The van der Waals surface area contributed by atoms with E-state index in [9.17, 15) is 9.59 Å². The first-order chi connectivity index (χ1) is 11.9. The fourth-order valence-electron chi connectivity index (χ4n) is 3.00. The molecule has 2 heterocycles. The van der Waals surface area contributed by atoms with Crippen LogP contribution in [0.5, 0.6) is 0 Å². The van der Waals surface area contributed by atoms with E-state index in [0.717, 1.165) is 27.1 Å². The minimum atomic E-state index is -0.270. The average molecular weight is 373 g/mol. The third-order valence-corrected chi connectivity index (χ3v) is 6.53. The number of nitrogens with one attached hydrogen (secondary N) is 1. The number of H-pyrrole nitrogens is 1. The Morgan fingerprint density at radius 2 is 2.00 bits per heavy atom. The van der Waals surface area contributed by atoms with Crippen molar-refractivity contribution >= 4 is 45.2 Å². The molecule has 4 nitrogen and oxygen atoms in total. The number of thioether (sulfide) groups is 2. The number of hydrogen-bond donors (Lipinski definition) is 1. The molecule has 130 valence electrons. The van der Waals surface area contributed by atoms with E-state index in [1.54, 1.807) is 11.8 Å². The molecule has 1 atom stereocenters. The molecule has 25 heavy (non-hydrogen) atoms. The third kappa shape index (κ3) is 3.60. The van der Waals surface area contributed by atoms with Crippen LogP contribution in [0.4, 0.5) is 5.69 Å². The van der Waals surface area contributed by atoms with Crippen LogP contribution in [0.1, 0.15) is 51.5 Å². The van der Waals surface area contributed by atoms with E-state index in [1.807, 2.05) is 39.0 Å². The van der Waals surface area contributed by atoms with Crippen molar-refractivity contribution in [3.05, 3.63) is 52.3 Å². The number of aliphatic imine (C=N–C) groups is 1. The zero-order valence-electron chi connectivity index (χ0n) is 14.7.